The van der Waals surface area contributed by atoms with Gasteiger partial charge in [0, 0.05) is 19.6 Å². The second-order valence-electron chi connectivity index (χ2n) is 4.74. The highest BCUT2D eigenvalue weighted by Crippen LogP contribution is 2.47. The maximum absolute atomic E-state index is 5.74. The van der Waals surface area contributed by atoms with Crippen LogP contribution in [0.5, 0.6) is 0 Å². The molecule has 0 saturated heterocycles. The van der Waals surface area contributed by atoms with Gasteiger partial charge in [0.05, 0.1) is 6.61 Å². The van der Waals surface area contributed by atoms with Crippen LogP contribution in [0.3, 0.4) is 0 Å². The van der Waals surface area contributed by atoms with Crippen LogP contribution in [0.15, 0.2) is 21.5 Å². The Kier molecular flexibility index (Phi) is 4.25. The van der Waals surface area contributed by atoms with Crippen molar-refractivity contribution >= 4 is 5.96 Å². The van der Waals surface area contributed by atoms with Gasteiger partial charge in [-0.15, -0.1) is 0 Å². The lowest BCUT2D eigenvalue weighted by molar-refractivity contribution is 0.204. The molecule has 5 nitrogen and oxygen atoms in total. The van der Waals surface area contributed by atoms with Crippen LogP contribution in [0, 0.1) is 5.92 Å². The fourth-order valence-corrected chi connectivity index (χ4v) is 1.90. The lowest BCUT2D eigenvalue weighted by Gasteiger charge is -2.03. The van der Waals surface area contributed by atoms with Crippen LogP contribution in [-0.2, 0) is 11.3 Å². The Hall–Kier alpha value is -1.49. The van der Waals surface area contributed by atoms with E-state index in [1.165, 1.54) is 6.42 Å². The van der Waals surface area contributed by atoms with Gasteiger partial charge in [0.25, 0.3) is 0 Å². The fourth-order valence-electron chi connectivity index (χ4n) is 1.90. The minimum absolute atomic E-state index is 0.421. The minimum Gasteiger partial charge on any atom is -0.464 e. The molecule has 5 heteroatoms. The largest absolute Gasteiger partial charge is 0.464 e. The zero-order valence-corrected chi connectivity index (χ0v) is 11.0. The third kappa shape index (κ3) is 3.50. The summed E-state index contributed by atoms with van der Waals surface area (Å²) < 4.78 is 10.6. The third-order valence-corrected chi connectivity index (χ3v) is 3.17. The van der Waals surface area contributed by atoms with E-state index in [4.69, 9.17) is 14.9 Å². The molecule has 3 N–H and O–H groups in total. The highest BCUT2D eigenvalue weighted by Gasteiger charge is 2.36. The highest BCUT2D eigenvalue weighted by atomic mass is 16.5. The zero-order chi connectivity index (χ0) is 13.0. The van der Waals surface area contributed by atoms with Crippen molar-refractivity contribution in [2.75, 3.05) is 20.3 Å². The summed E-state index contributed by atoms with van der Waals surface area (Å²) in [6.45, 7) is 3.99. The van der Waals surface area contributed by atoms with Crippen molar-refractivity contribution in [1.82, 2.24) is 5.32 Å². The van der Waals surface area contributed by atoms with Crippen LogP contribution in [0.2, 0.25) is 0 Å². The molecular weight excluding hydrogens is 230 g/mol. The SMILES string of the molecule is COCCNC(N)=NCc1ccc([C@@H]2C[C@H]2C)o1. The summed E-state index contributed by atoms with van der Waals surface area (Å²) in [5.74, 6) is 3.73. The molecule has 1 aliphatic rings. The predicted octanol–water partition coefficient (Wildman–Crippen LogP) is 1.45. The number of methoxy groups -OCH3 is 1. The van der Waals surface area contributed by atoms with E-state index in [-0.39, 0.29) is 0 Å². The second kappa shape index (κ2) is 5.91. The van der Waals surface area contributed by atoms with Gasteiger partial charge in [-0.1, -0.05) is 6.92 Å². The van der Waals surface area contributed by atoms with E-state index < -0.39 is 0 Å². The number of nitrogens with two attached hydrogens (primary N) is 1. The number of nitrogens with zero attached hydrogens (tertiary/aromatic N) is 1. The Bertz CT molecular complexity index is 414. The van der Waals surface area contributed by atoms with Gasteiger partial charge in [0.2, 0.25) is 0 Å². The molecule has 0 radical (unpaired) electrons. The maximum Gasteiger partial charge on any atom is 0.189 e. The predicted molar refractivity (Wildman–Crippen MR) is 70.4 cm³/mol. The summed E-state index contributed by atoms with van der Waals surface area (Å²) in [4.78, 5) is 4.21. The van der Waals surface area contributed by atoms with Crippen molar-refractivity contribution in [2.45, 2.75) is 25.8 Å². The number of nitrogens with one attached hydrogen (secondary N) is 1. The molecule has 100 valence electrons. The van der Waals surface area contributed by atoms with Gasteiger partial charge < -0.3 is 20.2 Å². The standard InChI is InChI=1S/C13H21N3O2/c1-9-7-11(9)12-4-3-10(18-12)8-16-13(14)15-5-6-17-2/h3-4,9,11H,5-8H2,1-2H3,(H3,14,15,16)/t9-,11-/m1/s1. The number of hydrogen-bond acceptors (Lipinski definition) is 3. The smallest absolute Gasteiger partial charge is 0.189 e. The van der Waals surface area contributed by atoms with E-state index in [1.54, 1.807) is 7.11 Å². The van der Waals surface area contributed by atoms with Gasteiger partial charge in [-0.05, 0) is 24.5 Å². The monoisotopic (exact) mass is 251 g/mol. The van der Waals surface area contributed by atoms with E-state index in [2.05, 4.69) is 17.2 Å². The molecule has 0 aromatic carbocycles. The summed E-state index contributed by atoms with van der Waals surface area (Å²) in [6.07, 6.45) is 1.23. The molecule has 1 saturated carbocycles. The molecule has 0 amide bonds. The number of hydrogen-bond donors (Lipinski definition) is 2. The number of ether oxygens (including phenoxy) is 1. The Morgan fingerprint density at radius 2 is 2.39 bits per heavy atom. The number of aliphatic imine (C=N–C) groups is 1. The van der Waals surface area contributed by atoms with Gasteiger partial charge in [0.1, 0.15) is 18.1 Å². The first kappa shape index (κ1) is 13.0. The van der Waals surface area contributed by atoms with Crippen molar-refractivity contribution in [3.05, 3.63) is 23.7 Å². The molecule has 0 unspecified atom stereocenters. The van der Waals surface area contributed by atoms with Gasteiger partial charge in [-0.25, -0.2) is 4.99 Å². The van der Waals surface area contributed by atoms with Crippen LogP contribution >= 0.6 is 0 Å². The molecule has 1 fully saturated rings. The van der Waals surface area contributed by atoms with Crippen LogP contribution in [0.4, 0.5) is 0 Å². The van der Waals surface area contributed by atoms with Gasteiger partial charge >= 0.3 is 0 Å². The molecular formula is C13H21N3O2. The normalized spacial score (nSPS) is 23.1. The Morgan fingerprint density at radius 3 is 3.06 bits per heavy atom. The summed E-state index contributed by atoms with van der Waals surface area (Å²) in [7, 11) is 1.65. The molecule has 1 heterocycles. The topological polar surface area (TPSA) is 72.8 Å². The van der Waals surface area contributed by atoms with Crippen LogP contribution in [0.1, 0.15) is 30.8 Å². The van der Waals surface area contributed by atoms with Crippen molar-refractivity contribution in [2.24, 2.45) is 16.6 Å². The molecule has 2 atom stereocenters. The van der Waals surface area contributed by atoms with E-state index in [1.807, 2.05) is 12.1 Å². The van der Waals surface area contributed by atoms with Crippen molar-refractivity contribution in [1.29, 1.82) is 0 Å². The van der Waals surface area contributed by atoms with Gasteiger partial charge in [-0.2, -0.15) is 0 Å². The van der Waals surface area contributed by atoms with Crippen molar-refractivity contribution in [3.63, 3.8) is 0 Å². The summed E-state index contributed by atoms with van der Waals surface area (Å²) in [5, 5.41) is 2.96. The van der Waals surface area contributed by atoms with E-state index >= 15 is 0 Å². The number of rotatable bonds is 6. The lowest BCUT2D eigenvalue weighted by atomic mass is 10.3. The zero-order valence-electron chi connectivity index (χ0n) is 11.0. The average Bonchev–Trinajstić information content (AvgIpc) is 2.91. The average molecular weight is 251 g/mol. The van der Waals surface area contributed by atoms with E-state index in [0.29, 0.717) is 31.6 Å². The fraction of sp³-hybridized carbons (Fsp3) is 0.615. The third-order valence-electron chi connectivity index (χ3n) is 3.17. The van der Waals surface area contributed by atoms with Crippen molar-refractivity contribution < 1.29 is 9.15 Å². The van der Waals surface area contributed by atoms with Gasteiger partial charge in [0.15, 0.2) is 5.96 Å². The quantitative estimate of drug-likeness (QED) is 0.456. The first-order chi connectivity index (χ1) is 8.70. The second-order valence-corrected chi connectivity index (χ2v) is 4.74. The van der Waals surface area contributed by atoms with Gasteiger partial charge in [-0.3, -0.25) is 0 Å². The van der Waals surface area contributed by atoms with Crippen LogP contribution < -0.4 is 11.1 Å². The molecule has 1 aromatic rings. The first-order valence-electron chi connectivity index (χ1n) is 6.32. The van der Waals surface area contributed by atoms with Crippen molar-refractivity contribution in [3.8, 4) is 0 Å². The number of guanidine groups is 1. The lowest BCUT2D eigenvalue weighted by Crippen LogP contribution is -2.34. The molecule has 0 spiro atoms. The Balaban J connectivity index is 1.78. The summed E-state index contributed by atoms with van der Waals surface area (Å²) >= 11 is 0. The van der Waals surface area contributed by atoms with E-state index in [0.717, 1.165) is 17.4 Å². The molecule has 1 aromatic heterocycles. The molecule has 0 aliphatic heterocycles. The minimum atomic E-state index is 0.421. The van der Waals surface area contributed by atoms with E-state index in [9.17, 15) is 0 Å². The first-order valence-corrected chi connectivity index (χ1v) is 6.32. The molecule has 1 aliphatic carbocycles. The molecule has 0 bridgehead atoms. The maximum atomic E-state index is 5.74. The van der Waals surface area contributed by atoms with Crippen LogP contribution in [-0.4, -0.2) is 26.2 Å². The number of furan rings is 1. The summed E-state index contributed by atoms with van der Waals surface area (Å²) in [6, 6.07) is 4.03. The van der Waals surface area contributed by atoms with Crippen LogP contribution in [0.25, 0.3) is 0 Å². The Labute approximate surface area is 107 Å². The summed E-state index contributed by atoms with van der Waals surface area (Å²) in [5.41, 5.74) is 5.70. The molecule has 2 rings (SSSR count). The highest BCUT2D eigenvalue weighted by molar-refractivity contribution is 5.77. The Morgan fingerprint density at radius 1 is 1.61 bits per heavy atom. The molecule has 18 heavy (non-hydrogen) atoms.